The monoisotopic (exact) mass is 287 g/mol. The van der Waals surface area contributed by atoms with Crippen molar-refractivity contribution >= 4 is 11.6 Å². The van der Waals surface area contributed by atoms with Crippen molar-refractivity contribution in [2.45, 2.75) is 51.2 Å². The Balaban J connectivity index is 1.55. The van der Waals surface area contributed by atoms with Crippen molar-refractivity contribution in [2.24, 2.45) is 0 Å². The van der Waals surface area contributed by atoms with Crippen LogP contribution in [0.4, 0.5) is 5.69 Å². The SMILES string of the molecule is Cc1cc(N(C)CC(=O)NC2CC2)ccc1CNC1CC1. The standard InChI is InChI=1S/C17H25N3O/c1-12-9-16(8-3-13(12)10-18-14-4-5-14)20(2)11-17(21)19-15-6-7-15/h3,8-9,14-15,18H,4-7,10-11H2,1-2H3,(H,19,21). The second-order valence-corrected chi connectivity index (χ2v) is 6.46. The summed E-state index contributed by atoms with van der Waals surface area (Å²) >= 11 is 0. The summed E-state index contributed by atoms with van der Waals surface area (Å²) in [4.78, 5) is 13.9. The number of nitrogens with zero attached hydrogens (tertiary/aromatic N) is 1. The van der Waals surface area contributed by atoms with Crippen molar-refractivity contribution in [3.8, 4) is 0 Å². The Morgan fingerprint density at radius 1 is 1.24 bits per heavy atom. The van der Waals surface area contributed by atoms with E-state index in [1.165, 1.54) is 24.0 Å². The Morgan fingerprint density at radius 3 is 2.57 bits per heavy atom. The van der Waals surface area contributed by atoms with Crippen LogP contribution < -0.4 is 15.5 Å². The van der Waals surface area contributed by atoms with Gasteiger partial charge < -0.3 is 15.5 Å². The zero-order valence-electron chi connectivity index (χ0n) is 13.0. The maximum Gasteiger partial charge on any atom is 0.239 e. The molecule has 4 heteroatoms. The van der Waals surface area contributed by atoms with Crippen LogP contribution in [0.2, 0.25) is 0 Å². The zero-order chi connectivity index (χ0) is 14.8. The summed E-state index contributed by atoms with van der Waals surface area (Å²) < 4.78 is 0. The zero-order valence-corrected chi connectivity index (χ0v) is 13.0. The third-order valence-electron chi connectivity index (χ3n) is 4.25. The lowest BCUT2D eigenvalue weighted by Gasteiger charge is -2.20. The molecule has 2 N–H and O–H groups in total. The van der Waals surface area contributed by atoms with E-state index < -0.39 is 0 Å². The summed E-state index contributed by atoms with van der Waals surface area (Å²) in [5.41, 5.74) is 3.74. The highest BCUT2D eigenvalue weighted by atomic mass is 16.2. The van der Waals surface area contributed by atoms with E-state index in [4.69, 9.17) is 0 Å². The van der Waals surface area contributed by atoms with Crippen LogP contribution in [-0.2, 0) is 11.3 Å². The predicted octanol–water partition coefficient (Wildman–Crippen LogP) is 1.96. The topological polar surface area (TPSA) is 44.4 Å². The van der Waals surface area contributed by atoms with E-state index in [1.807, 2.05) is 11.9 Å². The van der Waals surface area contributed by atoms with Gasteiger partial charge in [0.15, 0.2) is 0 Å². The molecule has 0 aliphatic heterocycles. The molecule has 2 aliphatic carbocycles. The second-order valence-electron chi connectivity index (χ2n) is 6.46. The molecule has 2 aliphatic rings. The highest BCUT2D eigenvalue weighted by Gasteiger charge is 2.23. The maximum atomic E-state index is 11.9. The fourth-order valence-corrected chi connectivity index (χ4v) is 2.47. The molecule has 21 heavy (non-hydrogen) atoms. The minimum absolute atomic E-state index is 0.122. The first-order chi connectivity index (χ1) is 10.1. The molecule has 0 spiro atoms. The van der Waals surface area contributed by atoms with E-state index in [2.05, 4.69) is 35.8 Å². The van der Waals surface area contributed by atoms with Gasteiger partial charge in [0.05, 0.1) is 6.54 Å². The van der Waals surface area contributed by atoms with Gasteiger partial charge in [-0.3, -0.25) is 4.79 Å². The van der Waals surface area contributed by atoms with Gasteiger partial charge in [-0.25, -0.2) is 0 Å². The number of hydrogen-bond donors (Lipinski definition) is 2. The van der Waals surface area contributed by atoms with Crippen molar-refractivity contribution in [3.63, 3.8) is 0 Å². The van der Waals surface area contributed by atoms with Crippen molar-refractivity contribution < 1.29 is 4.79 Å². The summed E-state index contributed by atoms with van der Waals surface area (Å²) in [6, 6.07) is 7.63. The normalized spacial score (nSPS) is 17.6. The molecule has 4 nitrogen and oxygen atoms in total. The van der Waals surface area contributed by atoms with E-state index in [0.717, 1.165) is 31.1 Å². The van der Waals surface area contributed by atoms with Gasteiger partial charge in [0, 0.05) is 31.4 Å². The minimum Gasteiger partial charge on any atom is -0.365 e. The van der Waals surface area contributed by atoms with Crippen molar-refractivity contribution in [3.05, 3.63) is 29.3 Å². The number of hydrogen-bond acceptors (Lipinski definition) is 3. The van der Waals surface area contributed by atoms with Gasteiger partial charge in [0.2, 0.25) is 5.91 Å². The molecule has 1 aromatic carbocycles. The summed E-state index contributed by atoms with van der Waals surface area (Å²) in [5.74, 6) is 0.122. The van der Waals surface area contributed by atoms with Gasteiger partial charge in [-0.05, 0) is 55.9 Å². The average Bonchev–Trinajstić information content (AvgIpc) is 3.32. The first-order valence-corrected chi connectivity index (χ1v) is 7.95. The molecule has 0 saturated heterocycles. The van der Waals surface area contributed by atoms with Gasteiger partial charge >= 0.3 is 0 Å². The van der Waals surface area contributed by atoms with Crippen LogP contribution in [0.5, 0.6) is 0 Å². The molecule has 0 aromatic heterocycles. The molecule has 2 saturated carbocycles. The molecule has 0 bridgehead atoms. The largest absolute Gasteiger partial charge is 0.365 e. The number of carbonyl (C=O) groups is 1. The van der Waals surface area contributed by atoms with Crippen LogP contribution in [0, 0.1) is 6.92 Å². The van der Waals surface area contributed by atoms with Crippen LogP contribution in [0.1, 0.15) is 36.8 Å². The van der Waals surface area contributed by atoms with Gasteiger partial charge in [0.25, 0.3) is 0 Å². The number of benzene rings is 1. The van der Waals surface area contributed by atoms with Gasteiger partial charge in [-0.1, -0.05) is 6.07 Å². The van der Waals surface area contributed by atoms with E-state index in [1.54, 1.807) is 0 Å². The quantitative estimate of drug-likeness (QED) is 0.806. The lowest BCUT2D eigenvalue weighted by atomic mass is 10.1. The van der Waals surface area contributed by atoms with Gasteiger partial charge in [-0.2, -0.15) is 0 Å². The van der Waals surface area contributed by atoms with Crippen LogP contribution in [0.25, 0.3) is 0 Å². The van der Waals surface area contributed by atoms with E-state index in [-0.39, 0.29) is 5.91 Å². The number of aryl methyl sites for hydroxylation is 1. The number of nitrogens with one attached hydrogen (secondary N) is 2. The molecule has 114 valence electrons. The molecule has 0 heterocycles. The Hall–Kier alpha value is -1.55. The fraction of sp³-hybridized carbons (Fsp3) is 0.588. The first-order valence-electron chi connectivity index (χ1n) is 7.95. The predicted molar refractivity (Wildman–Crippen MR) is 85.5 cm³/mol. The van der Waals surface area contributed by atoms with Crippen molar-refractivity contribution in [1.82, 2.24) is 10.6 Å². The Morgan fingerprint density at radius 2 is 1.95 bits per heavy atom. The molecular formula is C17H25N3O. The van der Waals surface area contributed by atoms with Crippen LogP contribution >= 0.6 is 0 Å². The molecule has 3 rings (SSSR count). The Kier molecular flexibility index (Phi) is 4.15. The van der Waals surface area contributed by atoms with Crippen LogP contribution in [0.15, 0.2) is 18.2 Å². The van der Waals surface area contributed by atoms with Crippen molar-refractivity contribution in [2.75, 3.05) is 18.5 Å². The van der Waals surface area contributed by atoms with E-state index in [9.17, 15) is 4.79 Å². The number of carbonyl (C=O) groups excluding carboxylic acids is 1. The first kappa shape index (κ1) is 14.4. The maximum absolute atomic E-state index is 11.9. The molecule has 0 atom stereocenters. The average molecular weight is 287 g/mol. The van der Waals surface area contributed by atoms with Gasteiger partial charge in [-0.15, -0.1) is 0 Å². The van der Waals surface area contributed by atoms with E-state index >= 15 is 0 Å². The van der Waals surface area contributed by atoms with Gasteiger partial charge in [0.1, 0.15) is 0 Å². The molecule has 0 radical (unpaired) electrons. The van der Waals surface area contributed by atoms with Crippen LogP contribution in [-0.4, -0.2) is 31.6 Å². The third kappa shape index (κ3) is 4.21. The van der Waals surface area contributed by atoms with Crippen molar-refractivity contribution in [1.29, 1.82) is 0 Å². The number of likely N-dealkylation sites (N-methyl/N-ethyl adjacent to an activating group) is 1. The molecule has 2 fully saturated rings. The molecule has 1 amide bonds. The summed E-state index contributed by atoms with van der Waals surface area (Å²) in [5, 5.41) is 6.58. The smallest absolute Gasteiger partial charge is 0.239 e. The summed E-state index contributed by atoms with van der Waals surface area (Å²) in [6.07, 6.45) is 4.90. The number of rotatable bonds is 7. The highest BCUT2D eigenvalue weighted by molar-refractivity contribution is 5.81. The molecule has 0 unspecified atom stereocenters. The molecular weight excluding hydrogens is 262 g/mol. The third-order valence-corrected chi connectivity index (χ3v) is 4.25. The lowest BCUT2D eigenvalue weighted by molar-refractivity contribution is -0.119. The molecule has 1 aromatic rings. The Bertz CT molecular complexity index is 521. The number of amides is 1. The fourth-order valence-electron chi connectivity index (χ4n) is 2.47. The minimum atomic E-state index is 0.122. The van der Waals surface area contributed by atoms with E-state index in [0.29, 0.717) is 12.6 Å². The Labute approximate surface area is 126 Å². The van der Waals surface area contributed by atoms with Crippen LogP contribution in [0.3, 0.4) is 0 Å². The number of anilines is 1. The highest BCUT2D eigenvalue weighted by Crippen LogP contribution is 2.22. The summed E-state index contributed by atoms with van der Waals surface area (Å²) in [7, 11) is 1.98. The second kappa shape index (κ2) is 6.06. The summed E-state index contributed by atoms with van der Waals surface area (Å²) in [6.45, 7) is 3.52. The lowest BCUT2D eigenvalue weighted by Crippen LogP contribution is -2.36.